The van der Waals surface area contributed by atoms with E-state index in [1.54, 1.807) is 0 Å². The van der Waals surface area contributed by atoms with E-state index in [1.807, 2.05) is 11.3 Å². The Morgan fingerprint density at radius 3 is 2.60 bits per heavy atom. The van der Waals surface area contributed by atoms with E-state index in [2.05, 4.69) is 61.5 Å². The predicted molar refractivity (Wildman–Crippen MR) is 86.5 cm³/mol. The van der Waals surface area contributed by atoms with Crippen molar-refractivity contribution in [1.29, 1.82) is 0 Å². The van der Waals surface area contributed by atoms with Gasteiger partial charge < -0.3 is 10.3 Å². The Balaban J connectivity index is 2.18. The summed E-state index contributed by atoms with van der Waals surface area (Å²) in [6, 6.07) is 8.76. The number of aromatic nitrogens is 2. The van der Waals surface area contributed by atoms with Crippen LogP contribution in [0.25, 0.3) is 11.0 Å². The van der Waals surface area contributed by atoms with Gasteiger partial charge in [-0.05, 0) is 57.0 Å². The number of aryl methyl sites for hydroxylation is 3. The molecule has 0 amide bonds. The van der Waals surface area contributed by atoms with Gasteiger partial charge in [0.1, 0.15) is 0 Å². The molecule has 0 spiro atoms. The van der Waals surface area contributed by atoms with Crippen LogP contribution in [0.1, 0.15) is 33.8 Å². The van der Waals surface area contributed by atoms with Gasteiger partial charge in [-0.3, -0.25) is 0 Å². The fourth-order valence-corrected chi connectivity index (χ4v) is 3.85. The van der Waals surface area contributed by atoms with E-state index in [0.29, 0.717) is 5.95 Å². The minimum absolute atomic E-state index is 0.202. The Bertz CT molecular complexity index is 782. The second kappa shape index (κ2) is 4.63. The number of rotatable bonds is 2. The molecule has 104 valence electrons. The normalized spacial score (nSPS) is 13.0. The van der Waals surface area contributed by atoms with Crippen molar-refractivity contribution in [3.8, 4) is 0 Å². The molecule has 3 aromatic rings. The summed E-state index contributed by atoms with van der Waals surface area (Å²) in [5.41, 5.74) is 10.8. The number of thiophene rings is 1. The average Bonchev–Trinajstić information content (AvgIpc) is 2.87. The third kappa shape index (κ3) is 2.00. The Morgan fingerprint density at radius 1 is 1.20 bits per heavy atom. The number of fused-ring (bicyclic) bond motifs is 1. The van der Waals surface area contributed by atoms with Gasteiger partial charge in [0.25, 0.3) is 0 Å². The molecule has 0 bridgehead atoms. The zero-order valence-corrected chi connectivity index (χ0v) is 13.1. The highest BCUT2D eigenvalue weighted by atomic mass is 32.1. The zero-order chi connectivity index (χ0) is 14.4. The number of nitrogens with zero attached hydrogens (tertiary/aromatic N) is 2. The minimum Gasteiger partial charge on any atom is -0.369 e. The number of nitrogen functional groups attached to an aromatic ring is 1. The number of hydrogen-bond donors (Lipinski definition) is 1. The van der Waals surface area contributed by atoms with Crippen molar-refractivity contribution < 1.29 is 0 Å². The van der Waals surface area contributed by atoms with E-state index in [4.69, 9.17) is 5.73 Å². The van der Waals surface area contributed by atoms with Gasteiger partial charge in [-0.1, -0.05) is 6.07 Å². The van der Waals surface area contributed by atoms with Crippen molar-refractivity contribution in [2.45, 2.75) is 33.7 Å². The molecule has 2 N–H and O–H groups in total. The molecule has 0 radical (unpaired) electrons. The van der Waals surface area contributed by atoms with Crippen molar-refractivity contribution in [3.63, 3.8) is 0 Å². The summed E-state index contributed by atoms with van der Waals surface area (Å²) >= 11 is 1.83. The topological polar surface area (TPSA) is 43.8 Å². The predicted octanol–water partition coefficient (Wildman–Crippen LogP) is 4.21. The van der Waals surface area contributed by atoms with E-state index in [1.165, 1.54) is 20.9 Å². The second-order valence-corrected chi connectivity index (χ2v) is 6.84. The molecule has 1 aromatic carbocycles. The fraction of sp³-hybridized carbons (Fsp3) is 0.312. The highest BCUT2D eigenvalue weighted by molar-refractivity contribution is 7.12. The third-order valence-electron chi connectivity index (χ3n) is 3.79. The molecule has 3 rings (SSSR count). The molecule has 1 unspecified atom stereocenters. The maximum atomic E-state index is 6.15. The van der Waals surface area contributed by atoms with Crippen LogP contribution in [-0.4, -0.2) is 9.55 Å². The summed E-state index contributed by atoms with van der Waals surface area (Å²) in [6.07, 6.45) is 0. The van der Waals surface area contributed by atoms with Crippen molar-refractivity contribution in [2.24, 2.45) is 0 Å². The van der Waals surface area contributed by atoms with E-state index >= 15 is 0 Å². The van der Waals surface area contributed by atoms with Crippen molar-refractivity contribution in [2.75, 3.05) is 5.73 Å². The largest absolute Gasteiger partial charge is 0.369 e. The van der Waals surface area contributed by atoms with Crippen LogP contribution in [0, 0.1) is 20.8 Å². The van der Waals surface area contributed by atoms with E-state index in [-0.39, 0.29) is 6.04 Å². The quantitative estimate of drug-likeness (QED) is 0.766. The van der Waals surface area contributed by atoms with Gasteiger partial charge in [0.2, 0.25) is 5.95 Å². The summed E-state index contributed by atoms with van der Waals surface area (Å²) in [5, 5.41) is 0. The van der Waals surface area contributed by atoms with Gasteiger partial charge in [0, 0.05) is 9.75 Å². The summed E-state index contributed by atoms with van der Waals surface area (Å²) in [6.45, 7) is 8.58. The maximum Gasteiger partial charge on any atom is 0.201 e. The number of nitrogens with two attached hydrogens (primary N) is 1. The molecule has 0 saturated heterocycles. The van der Waals surface area contributed by atoms with Crippen molar-refractivity contribution >= 4 is 28.3 Å². The Morgan fingerprint density at radius 2 is 1.95 bits per heavy atom. The maximum absolute atomic E-state index is 6.15. The first kappa shape index (κ1) is 13.2. The first-order valence-electron chi connectivity index (χ1n) is 6.78. The SMILES string of the molecule is Cc1ccc2c(c1)nc(N)n2C(C)c1cc(C)sc1C. The average molecular weight is 285 g/mol. The minimum atomic E-state index is 0.202. The number of hydrogen-bond acceptors (Lipinski definition) is 3. The van der Waals surface area contributed by atoms with Gasteiger partial charge in [0.15, 0.2) is 0 Å². The van der Waals surface area contributed by atoms with Crippen molar-refractivity contribution in [3.05, 3.63) is 45.1 Å². The van der Waals surface area contributed by atoms with Crippen LogP contribution in [0.2, 0.25) is 0 Å². The molecular formula is C16H19N3S. The van der Waals surface area contributed by atoms with E-state index in [0.717, 1.165) is 11.0 Å². The molecule has 20 heavy (non-hydrogen) atoms. The molecule has 0 aliphatic carbocycles. The molecule has 1 atom stereocenters. The summed E-state index contributed by atoms with van der Waals surface area (Å²) in [4.78, 5) is 7.19. The lowest BCUT2D eigenvalue weighted by Gasteiger charge is -2.16. The molecular weight excluding hydrogens is 266 g/mol. The first-order valence-corrected chi connectivity index (χ1v) is 7.60. The Labute approximate surface area is 123 Å². The smallest absolute Gasteiger partial charge is 0.201 e. The molecule has 0 aliphatic heterocycles. The van der Waals surface area contributed by atoms with E-state index in [9.17, 15) is 0 Å². The molecule has 0 aliphatic rings. The van der Waals surface area contributed by atoms with Crippen LogP contribution in [-0.2, 0) is 0 Å². The number of benzene rings is 1. The standard InChI is InChI=1S/C16H19N3S/c1-9-5-6-15-14(7-9)18-16(17)19(15)11(3)13-8-10(2)20-12(13)4/h5-8,11H,1-4H3,(H2,17,18). The van der Waals surface area contributed by atoms with Gasteiger partial charge in [-0.2, -0.15) is 0 Å². The second-order valence-electron chi connectivity index (χ2n) is 5.38. The molecule has 0 fully saturated rings. The zero-order valence-electron chi connectivity index (χ0n) is 12.3. The van der Waals surface area contributed by atoms with Crippen LogP contribution in [0.3, 0.4) is 0 Å². The summed E-state index contributed by atoms with van der Waals surface area (Å²) in [5.74, 6) is 0.585. The molecule has 3 nitrogen and oxygen atoms in total. The summed E-state index contributed by atoms with van der Waals surface area (Å²) < 4.78 is 2.13. The molecule has 2 aromatic heterocycles. The van der Waals surface area contributed by atoms with Crippen LogP contribution in [0.4, 0.5) is 5.95 Å². The molecule has 0 saturated carbocycles. The number of imidazole rings is 1. The Kier molecular flexibility index (Phi) is 3.05. The van der Waals surface area contributed by atoms with Gasteiger partial charge >= 0.3 is 0 Å². The van der Waals surface area contributed by atoms with Gasteiger partial charge in [-0.15, -0.1) is 11.3 Å². The third-order valence-corrected chi connectivity index (χ3v) is 4.77. The van der Waals surface area contributed by atoms with Crippen LogP contribution in [0.15, 0.2) is 24.3 Å². The van der Waals surface area contributed by atoms with Crippen LogP contribution < -0.4 is 5.73 Å². The lowest BCUT2D eigenvalue weighted by molar-refractivity contribution is 0.666. The summed E-state index contributed by atoms with van der Waals surface area (Å²) in [7, 11) is 0. The molecule has 2 heterocycles. The number of anilines is 1. The lowest BCUT2D eigenvalue weighted by atomic mass is 10.1. The van der Waals surface area contributed by atoms with Gasteiger partial charge in [0.05, 0.1) is 17.1 Å². The highest BCUT2D eigenvalue weighted by Crippen LogP contribution is 2.32. The van der Waals surface area contributed by atoms with E-state index < -0.39 is 0 Å². The van der Waals surface area contributed by atoms with Crippen molar-refractivity contribution in [1.82, 2.24) is 9.55 Å². The highest BCUT2D eigenvalue weighted by Gasteiger charge is 2.18. The fourth-order valence-electron chi connectivity index (χ4n) is 2.84. The monoisotopic (exact) mass is 285 g/mol. The molecule has 4 heteroatoms. The van der Waals surface area contributed by atoms with Crippen LogP contribution in [0.5, 0.6) is 0 Å². The first-order chi connectivity index (χ1) is 9.47. The van der Waals surface area contributed by atoms with Gasteiger partial charge in [-0.25, -0.2) is 4.98 Å². The van der Waals surface area contributed by atoms with Crippen LogP contribution >= 0.6 is 11.3 Å². The lowest BCUT2D eigenvalue weighted by Crippen LogP contribution is -2.10. The Hall–Kier alpha value is -1.81.